The smallest absolute Gasteiger partial charge is 0.191 e. The Bertz CT molecular complexity index is 958. The van der Waals surface area contributed by atoms with Gasteiger partial charge < -0.3 is 15.4 Å². The lowest BCUT2D eigenvalue weighted by atomic mass is 9.85. The first kappa shape index (κ1) is 23.7. The van der Waals surface area contributed by atoms with Crippen LogP contribution in [-0.4, -0.2) is 46.9 Å². The van der Waals surface area contributed by atoms with Crippen LogP contribution in [0.5, 0.6) is 5.75 Å². The van der Waals surface area contributed by atoms with E-state index in [2.05, 4.69) is 15.6 Å². The predicted octanol–water partition coefficient (Wildman–Crippen LogP) is 3.14. The SMILES string of the molecule is CCNC(=NCC(C)(C)c1cccc(F)c1)NCCOc1ccc(S(C)(=O)=O)cc1. The van der Waals surface area contributed by atoms with Crippen LogP contribution < -0.4 is 15.4 Å². The summed E-state index contributed by atoms with van der Waals surface area (Å²) in [6.45, 7) is 8.13. The molecule has 0 saturated carbocycles. The molecule has 0 heterocycles. The number of rotatable bonds is 9. The molecule has 8 heteroatoms. The topological polar surface area (TPSA) is 79.8 Å². The first-order chi connectivity index (χ1) is 14.1. The highest BCUT2D eigenvalue weighted by Gasteiger charge is 2.21. The second-order valence-electron chi connectivity index (χ2n) is 7.61. The Balaban J connectivity index is 1.89. The number of halogens is 1. The molecule has 0 aliphatic carbocycles. The van der Waals surface area contributed by atoms with Gasteiger partial charge >= 0.3 is 0 Å². The summed E-state index contributed by atoms with van der Waals surface area (Å²) >= 11 is 0. The van der Waals surface area contributed by atoms with Crippen LogP contribution in [0.25, 0.3) is 0 Å². The standard InChI is InChI=1S/C22H30FN3O3S/c1-5-24-21(26-16-22(2,3)17-7-6-8-18(23)15-17)25-13-14-29-19-9-11-20(12-10-19)30(4,27)28/h6-12,15H,5,13-14,16H2,1-4H3,(H2,24,25,26). The molecule has 0 radical (unpaired) electrons. The summed E-state index contributed by atoms with van der Waals surface area (Å²) in [5.41, 5.74) is 0.574. The van der Waals surface area contributed by atoms with Crippen LogP contribution >= 0.6 is 0 Å². The van der Waals surface area contributed by atoms with Crippen molar-refractivity contribution in [2.24, 2.45) is 4.99 Å². The summed E-state index contributed by atoms with van der Waals surface area (Å²) in [7, 11) is -3.22. The summed E-state index contributed by atoms with van der Waals surface area (Å²) in [5, 5.41) is 6.39. The third-order valence-corrected chi connectivity index (χ3v) is 5.63. The molecule has 6 nitrogen and oxygen atoms in total. The van der Waals surface area contributed by atoms with Crippen molar-refractivity contribution < 1.29 is 17.5 Å². The van der Waals surface area contributed by atoms with Crippen LogP contribution in [0.3, 0.4) is 0 Å². The molecule has 164 valence electrons. The zero-order valence-electron chi connectivity index (χ0n) is 17.9. The van der Waals surface area contributed by atoms with Crippen molar-refractivity contribution in [3.8, 4) is 5.75 Å². The molecule has 0 fully saturated rings. The van der Waals surface area contributed by atoms with Crippen LogP contribution in [0.4, 0.5) is 4.39 Å². The number of aliphatic imine (C=N–C) groups is 1. The Kier molecular flexibility index (Phi) is 8.23. The van der Waals surface area contributed by atoms with E-state index in [0.717, 1.165) is 5.56 Å². The van der Waals surface area contributed by atoms with Gasteiger partial charge in [-0.25, -0.2) is 12.8 Å². The Hall–Kier alpha value is -2.61. The molecular weight excluding hydrogens is 405 g/mol. The first-order valence-corrected chi connectivity index (χ1v) is 11.7. The largest absolute Gasteiger partial charge is 0.492 e. The molecular formula is C22H30FN3O3S. The van der Waals surface area contributed by atoms with E-state index in [4.69, 9.17) is 4.74 Å². The van der Waals surface area contributed by atoms with Gasteiger partial charge in [-0.2, -0.15) is 0 Å². The lowest BCUT2D eigenvalue weighted by Gasteiger charge is -2.24. The molecule has 0 bridgehead atoms. The third kappa shape index (κ3) is 7.33. The van der Waals surface area contributed by atoms with Gasteiger partial charge in [-0.3, -0.25) is 4.99 Å². The fraction of sp³-hybridized carbons (Fsp3) is 0.409. The summed E-state index contributed by atoms with van der Waals surface area (Å²) in [5.74, 6) is 0.993. The van der Waals surface area contributed by atoms with Gasteiger partial charge in [-0.15, -0.1) is 0 Å². The molecule has 0 unspecified atom stereocenters. The minimum absolute atomic E-state index is 0.253. The number of ether oxygens (including phenoxy) is 1. The average molecular weight is 436 g/mol. The molecule has 0 saturated heterocycles. The summed E-state index contributed by atoms with van der Waals surface area (Å²) in [6.07, 6.45) is 1.17. The monoisotopic (exact) mass is 435 g/mol. The second-order valence-corrected chi connectivity index (χ2v) is 9.62. The average Bonchev–Trinajstić information content (AvgIpc) is 2.69. The maximum Gasteiger partial charge on any atom is 0.191 e. The van der Waals surface area contributed by atoms with E-state index in [1.165, 1.54) is 24.5 Å². The van der Waals surface area contributed by atoms with Crippen molar-refractivity contribution in [3.05, 3.63) is 59.9 Å². The number of hydrogen-bond donors (Lipinski definition) is 2. The van der Waals surface area contributed by atoms with Gasteiger partial charge in [0.1, 0.15) is 18.2 Å². The summed E-state index contributed by atoms with van der Waals surface area (Å²) in [6, 6.07) is 12.9. The molecule has 0 spiro atoms. The maximum absolute atomic E-state index is 13.5. The van der Waals surface area contributed by atoms with Gasteiger partial charge in [0.25, 0.3) is 0 Å². The van der Waals surface area contributed by atoms with Crippen LogP contribution in [0, 0.1) is 5.82 Å². The molecule has 0 aliphatic rings. The van der Waals surface area contributed by atoms with Gasteiger partial charge in [0.15, 0.2) is 15.8 Å². The Morgan fingerprint density at radius 1 is 1.13 bits per heavy atom. The predicted molar refractivity (Wildman–Crippen MR) is 118 cm³/mol. The second kappa shape index (κ2) is 10.4. The minimum atomic E-state index is -3.22. The van der Waals surface area contributed by atoms with Gasteiger partial charge in [-0.1, -0.05) is 26.0 Å². The number of hydrogen-bond acceptors (Lipinski definition) is 4. The normalized spacial score (nSPS) is 12.5. The molecule has 30 heavy (non-hydrogen) atoms. The number of nitrogens with one attached hydrogen (secondary N) is 2. The van der Waals surface area contributed by atoms with E-state index in [-0.39, 0.29) is 16.1 Å². The number of guanidine groups is 1. The quantitative estimate of drug-likeness (QED) is 0.359. The van der Waals surface area contributed by atoms with Crippen molar-refractivity contribution in [3.63, 3.8) is 0 Å². The molecule has 2 aromatic rings. The molecule has 0 aromatic heterocycles. The zero-order valence-corrected chi connectivity index (χ0v) is 18.7. The molecule has 2 rings (SSSR count). The Labute approximate surface area is 178 Å². The van der Waals surface area contributed by atoms with E-state index < -0.39 is 9.84 Å². The Morgan fingerprint density at radius 2 is 1.83 bits per heavy atom. The third-order valence-electron chi connectivity index (χ3n) is 4.50. The van der Waals surface area contributed by atoms with Gasteiger partial charge in [0.05, 0.1) is 18.0 Å². The van der Waals surface area contributed by atoms with Crippen LogP contribution in [-0.2, 0) is 15.3 Å². The van der Waals surface area contributed by atoms with Crippen molar-refractivity contribution in [2.75, 3.05) is 32.5 Å². The fourth-order valence-electron chi connectivity index (χ4n) is 2.74. The van der Waals surface area contributed by atoms with E-state index in [9.17, 15) is 12.8 Å². The fourth-order valence-corrected chi connectivity index (χ4v) is 3.37. The highest BCUT2D eigenvalue weighted by molar-refractivity contribution is 7.90. The lowest BCUT2D eigenvalue weighted by molar-refractivity contribution is 0.321. The van der Waals surface area contributed by atoms with Gasteiger partial charge in [-0.05, 0) is 48.9 Å². The van der Waals surface area contributed by atoms with Crippen molar-refractivity contribution >= 4 is 15.8 Å². The highest BCUT2D eigenvalue weighted by atomic mass is 32.2. The minimum Gasteiger partial charge on any atom is -0.492 e. The maximum atomic E-state index is 13.5. The molecule has 0 amide bonds. The van der Waals surface area contributed by atoms with E-state index in [1.54, 1.807) is 24.3 Å². The molecule has 2 aromatic carbocycles. The van der Waals surface area contributed by atoms with Crippen molar-refractivity contribution in [1.82, 2.24) is 10.6 Å². The van der Waals surface area contributed by atoms with Crippen LogP contribution in [0.1, 0.15) is 26.3 Å². The van der Waals surface area contributed by atoms with Crippen LogP contribution in [0.2, 0.25) is 0 Å². The highest BCUT2D eigenvalue weighted by Crippen LogP contribution is 2.24. The van der Waals surface area contributed by atoms with E-state index in [0.29, 0.717) is 38.0 Å². The summed E-state index contributed by atoms with van der Waals surface area (Å²) in [4.78, 5) is 4.88. The van der Waals surface area contributed by atoms with Crippen molar-refractivity contribution in [2.45, 2.75) is 31.1 Å². The number of benzene rings is 2. The first-order valence-electron chi connectivity index (χ1n) is 9.83. The number of nitrogens with zero attached hydrogens (tertiary/aromatic N) is 1. The van der Waals surface area contributed by atoms with E-state index >= 15 is 0 Å². The van der Waals surface area contributed by atoms with E-state index in [1.807, 2.05) is 26.8 Å². The van der Waals surface area contributed by atoms with Crippen LogP contribution in [0.15, 0.2) is 58.4 Å². The molecule has 0 aliphatic heterocycles. The zero-order chi connectivity index (χ0) is 22.2. The summed E-state index contributed by atoms with van der Waals surface area (Å²) < 4.78 is 42.2. The van der Waals surface area contributed by atoms with Gasteiger partial charge in [0.2, 0.25) is 0 Å². The Morgan fingerprint density at radius 3 is 2.43 bits per heavy atom. The number of sulfone groups is 1. The van der Waals surface area contributed by atoms with Crippen molar-refractivity contribution in [1.29, 1.82) is 0 Å². The van der Waals surface area contributed by atoms with Gasteiger partial charge in [0, 0.05) is 18.2 Å². The molecule has 2 N–H and O–H groups in total. The molecule has 0 atom stereocenters. The lowest BCUT2D eigenvalue weighted by Crippen LogP contribution is -2.40.